The summed E-state index contributed by atoms with van der Waals surface area (Å²) < 4.78 is 42.9. The Balaban J connectivity index is 2.51. The lowest BCUT2D eigenvalue weighted by molar-refractivity contribution is 0.322. The number of rotatable bonds is 7. The summed E-state index contributed by atoms with van der Waals surface area (Å²) in [4.78, 5) is 0. The van der Waals surface area contributed by atoms with Gasteiger partial charge in [0.15, 0.2) is 0 Å². The number of halogens is 1. The van der Waals surface area contributed by atoms with E-state index in [2.05, 4.69) is 5.32 Å². The molecular formula is C12H18FNO3S. The van der Waals surface area contributed by atoms with Gasteiger partial charge in [0, 0.05) is 12.6 Å². The fourth-order valence-electron chi connectivity index (χ4n) is 1.74. The van der Waals surface area contributed by atoms with E-state index in [4.69, 9.17) is 4.55 Å². The minimum atomic E-state index is -4.26. The Morgan fingerprint density at radius 2 is 1.94 bits per heavy atom. The summed E-state index contributed by atoms with van der Waals surface area (Å²) >= 11 is 0. The molecule has 1 aromatic carbocycles. The lowest BCUT2D eigenvalue weighted by atomic mass is 10.0. The third-order valence-corrected chi connectivity index (χ3v) is 3.37. The van der Waals surface area contributed by atoms with E-state index in [9.17, 15) is 12.8 Å². The highest BCUT2D eigenvalue weighted by Gasteiger charge is 2.17. The lowest BCUT2D eigenvalue weighted by Gasteiger charge is -2.18. The van der Waals surface area contributed by atoms with Gasteiger partial charge >= 0.3 is 0 Å². The number of alkyl halides is 1. The van der Waals surface area contributed by atoms with E-state index in [-0.39, 0.29) is 12.6 Å². The van der Waals surface area contributed by atoms with Gasteiger partial charge in [0.2, 0.25) is 0 Å². The quantitative estimate of drug-likeness (QED) is 0.746. The molecule has 6 heteroatoms. The van der Waals surface area contributed by atoms with Gasteiger partial charge in [-0.3, -0.25) is 4.55 Å². The van der Waals surface area contributed by atoms with Crippen LogP contribution in [0.1, 0.15) is 24.9 Å². The van der Waals surface area contributed by atoms with Crippen molar-refractivity contribution in [3.05, 3.63) is 35.9 Å². The van der Waals surface area contributed by atoms with Crippen molar-refractivity contribution < 1.29 is 17.4 Å². The van der Waals surface area contributed by atoms with Crippen molar-refractivity contribution in [2.75, 3.05) is 12.3 Å². The molecule has 0 aromatic heterocycles. The molecule has 0 amide bonds. The van der Waals surface area contributed by atoms with Crippen molar-refractivity contribution in [1.29, 1.82) is 0 Å². The first kappa shape index (κ1) is 15.1. The van der Waals surface area contributed by atoms with Crippen LogP contribution in [-0.4, -0.2) is 31.4 Å². The van der Waals surface area contributed by atoms with Crippen LogP contribution in [0, 0.1) is 0 Å². The Morgan fingerprint density at radius 3 is 2.44 bits per heavy atom. The zero-order valence-corrected chi connectivity index (χ0v) is 11.0. The molecule has 0 aliphatic carbocycles. The van der Waals surface area contributed by atoms with Gasteiger partial charge in [-0.1, -0.05) is 37.3 Å². The molecule has 102 valence electrons. The summed E-state index contributed by atoms with van der Waals surface area (Å²) in [5.41, 5.74) is 1.03. The molecule has 2 N–H and O–H groups in total. The summed E-state index contributed by atoms with van der Waals surface area (Å²) in [5.74, 6) is -0.870. The molecule has 1 rings (SSSR count). The van der Waals surface area contributed by atoms with E-state index < -0.39 is 22.0 Å². The number of hydrogen-bond donors (Lipinski definition) is 2. The van der Waals surface area contributed by atoms with E-state index in [0.717, 1.165) is 12.0 Å². The Labute approximate surface area is 107 Å². The molecule has 0 spiro atoms. The third kappa shape index (κ3) is 5.57. The summed E-state index contributed by atoms with van der Waals surface area (Å²) in [6.07, 6.45) is -0.847. The maximum absolute atomic E-state index is 13.3. The van der Waals surface area contributed by atoms with Crippen molar-refractivity contribution in [2.24, 2.45) is 0 Å². The van der Waals surface area contributed by atoms with E-state index in [1.54, 1.807) is 0 Å². The SMILES string of the molecule is CC[C@H](NC[C@@H](F)CS(=O)(=O)O)c1ccccc1. The average molecular weight is 275 g/mol. The molecule has 0 saturated heterocycles. The predicted octanol–water partition coefficient (Wildman–Crippen LogP) is 1.95. The largest absolute Gasteiger partial charge is 0.307 e. The third-order valence-electron chi connectivity index (χ3n) is 2.59. The minimum absolute atomic E-state index is 0.0224. The van der Waals surface area contributed by atoms with Gasteiger partial charge in [0.05, 0.1) is 0 Å². The van der Waals surface area contributed by atoms with Crippen LogP contribution >= 0.6 is 0 Å². The summed E-state index contributed by atoms with van der Waals surface area (Å²) in [6.45, 7) is 1.86. The zero-order valence-electron chi connectivity index (χ0n) is 10.2. The zero-order chi connectivity index (χ0) is 13.6. The van der Waals surface area contributed by atoms with Gasteiger partial charge < -0.3 is 5.32 Å². The van der Waals surface area contributed by atoms with Crippen LogP contribution in [0.25, 0.3) is 0 Å². The smallest absolute Gasteiger partial charge is 0.267 e. The molecule has 0 saturated carbocycles. The van der Waals surface area contributed by atoms with Crippen molar-refractivity contribution in [3.8, 4) is 0 Å². The molecule has 0 bridgehead atoms. The van der Waals surface area contributed by atoms with E-state index in [1.165, 1.54) is 0 Å². The Bertz CT molecular complexity index is 450. The topological polar surface area (TPSA) is 66.4 Å². The molecular weight excluding hydrogens is 257 g/mol. The molecule has 0 radical (unpaired) electrons. The standard InChI is InChI=1S/C12H18FNO3S/c1-2-12(10-6-4-3-5-7-10)14-8-11(13)9-18(15,16)17/h3-7,11-12,14H,2,8-9H2,1H3,(H,15,16,17)/t11-,12+/m1/s1. The van der Waals surface area contributed by atoms with Gasteiger partial charge in [0.25, 0.3) is 10.1 Å². The van der Waals surface area contributed by atoms with Crippen molar-refractivity contribution in [2.45, 2.75) is 25.6 Å². The maximum atomic E-state index is 13.3. The van der Waals surface area contributed by atoms with Crippen LogP contribution in [0.5, 0.6) is 0 Å². The van der Waals surface area contributed by atoms with Crippen molar-refractivity contribution in [1.82, 2.24) is 5.32 Å². The fourth-order valence-corrected chi connectivity index (χ4v) is 2.32. The summed E-state index contributed by atoms with van der Waals surface area (Å²) in [7, 11) is -4.26. The summed E-state index contributed by atoms with van der Waals surface area (Å²) in [6, 6.07) is 9.52. The second kappa shape index (κ2) is 6.82. The second-order valence-corrected chi connectivity index (χ2v) is 5.62. The van der Waals surface area contributed by atoms with Crippen LogP contribution in [0.2, 0.25) is 0 Å². The van der Waals surface area contributed by atoms with E-state index in [0.29, 0.717) is 0 Å². The van der Waals surface area contributed by atoms with Gasteiger partial charge in [-0.2, -0.15) is 8.42 Å². The van der Waals surface area contributed by atoms with Crippen LogP contribution < -0.4 is 5.32 Å². The monoisotopic (exact) mass is 275 g/mol. The molecule has 2 atom stereocenters. The highest BCUT2D eigenvalue weighted by molar-refractivity contribution is 7.85. The van der Waals surface area contributed by atoms with Crippen LogP contribution in [0.15, 0.2) is 30.3 Å². The first-order valence-electron chi connectivity index (χ1n) is 5.80. The second-order valence-electron chi connectivity index (χ2n) is 4.13. The van der Waals surface area contributed by atoms with Crippen LogP contribution in [-0.2, 0) is 10.1 Å². The first-order valence-corrected chi connectivity index (χ1v) is 7.41. The molecule has 0 fully saturated rings. The lowest BCUT2D eigenvalue weighted by Crippen LogP contribution is -2.32. The molecule has 0 unspecified atom stereocenters. The number of nitrogens with one attached hydrogen (secondary N) is 1. The highest BCUT2D eigenvalue weighted by Crippen LogP contribution is 2.15. The highest BCUT2D eigenvalue weighted by atomic mass is 32.2. The van der Waals surface area contributed by atoms with Gasteiger partial charge in [-0.15, -0.1) is 0 Å². The van der Waals surface area contributed by atoms with E-state index >= 15 is 0 Å². The summed E-state index contributed by atoms with van der Waals surface area (Å²) in [5, 5.41) is 2.96. The van der Waals surface area contributed by atoms with Crippen LogP contribution in [0.3, 0.4) is 0 Å². The van der Waals surface area contributed by atoms with Gasteiger partial charge in [-0.05, 0) is 12.0 Å². The van der Waals surface area contributed by atoms with Gasteiger partial charge in [0.1, 0.15) is 11.9 Å². The predicted molar refractivity (Wildman–Crippen MR) is 68.8 cm³/mol. The Hall–Kier alpha value is -0.980. The fraction of sp³-hybridized carbons (Fsp3) is 0.500. The minimum Gasteiger partial charge on any atom is -0.307 e. The molecule has 0 aliphatic heterocycles. The average Bonchev–Trinajstić information content (AvgIpc) is 2.29. The van der Waals surface area contributed by atoms with Crippen LogP contribution in [0.4, 0.5) is 4.39 Å². The molecule has 0 aliphatic rings. The van der Waals surface area contributed by atoms with Crippen molar-refractivity contribution in [3.63, 3.8) is 0 Å². The van der Waals surface area contributed by atoms with Gasteiger partial charge in [-0.25, -0.2) is 4.39 Å². The number of benzene rings is 1. The van der Waals surface area contributed by atoms with E-state index in [1.807, 2.05) is 37.3 Å². The molecule has 0 heterocycles. The number of hydrogen-bond acceptors (Lipinski definition) is 3. The Morgan fingerprint density at radius 1 is 1.33 bits per heavy atom. The maximum Gasteiger partial charge on any atom is 0.267 e. The molecule has 1 aromatic rings. The Kier molecular flexibility index (Phi) is 5.71. The molecule has 4 nitrogen and oxygen atoms in total. The van der Waals surface area contributed by atoms with Crippen molar-refractivity contribution >= 4 is 10.1 Å². The normalized spacial score (nSPS) is 15.3. The first-order chi connectivity index (χ1) is 8.42. The molecule has 18 heavy (non-hydrogen) atoms.